The van der Waals surface area contributed by atoms with Crippen molar-refractivity contribution < 1.29 is 22.8 Å². The highest BCUT2D eigenvalue weighted by molar-refractivity contribution is 6.22. The van der Waals surface area contributed by atoms with E-state index in [0.717, 1.165) is 24.6 Å². The molecule has 4 aromatic rings. The number of carbonyl (C=O) groups excluding carboxylic acids is 2. The summed E-state index contributed by atoms with van der Waals surface area (Å²) in [6.45, 7) is 0. The molecule has 1 unspecified atom stereocenters. The molecule has 3 aliphatic rings. The summed E-state index contributed by atoms with van der Waals surface area (Å²) in [6.07, 6.45) is 0.875. The molecule has 2 amide bonds. The number of rotatable bonds is 6. The number of aromatic nitrogens is 5. The summed E-state index contributed by atoms with van der Waals surface area (Å²) in [6, 6.07) is 9.19. The van der Waals surface area contributed by atoms with Gasteiger partial charge < -0.3 is 20.8 Å². The van der Waals surface area contributed by atoms with Crippen molar-refractivity contribution in [2.45, 2.75) is 49.7 Å². The molecule has 1 atom stereocenters. The zero-order chi connectivity index (χ0) is 27.8. The average molecular weight is 549 g/mol. The number of amides is 2. The number of alkyl halides is 3. The molecule has 10 nitrogen and oxygen atoms in total. The first-order chi connectivity index (χ1) is 19.1. The Morgan fingerprint density at radius 2 is 1.82 bits per heavy atom. The number of nitrogens with one attached hydrogen (secondary N) is 2. The number of halogens is 3. The van der Waals surface area contributed by atoms with Crippen LogP contribution in [0.3, 0.4) is 0 Å². The summed E-state index contributed by atoms with van der Waals surface area (Å²) in [4.78, 5) is 44.1. The molecule has 3 aromatic heterocycles. The smallest absolute Gasteiger partial charge is 0.383 e. The predicted octanol–water partition coefficient (Wildman–Crippen LogP) is 3.26. The number of nitrogen functional groups attached to an aromatic ring is 1. The molecular weight excluding hydrogens is 525 g/mol. The maximum absolute atomic E-state index is 13.5. The lowest BCUT2D eigenvalue weighted by molar-refractivity contribution is -0.141. The van der Waals surface area contributed by atoms with Crippen molar-refractivity contribution in [2.24, 2.45) is 5.92 Å². The number of nitrogens with zero attached hydrogens (tertiary/aromatic N) is 5. The second-order valence-electron chi connectivity index (χ2n) is 10.5. The largest absolute Gasteiger partial charge is 0.434 e. The molecular formula is C27H23F3N8O2. The molecule has 4 heterocycles. The van der Waals surface area contributed by atoms with E-state index >= 15 is 0 Å². The number of anilines is 2. The normalized spacial score (nSPS) is 20.4. The quantitative estimate of drug-likeness (QED) is 0.314. The molecule has 0 spiro atoms. The van der Waals surface area contributed by atoms with E-state index in [1.54, 1.807) is 0 Å². The van der Waals surface area contributed by atoms with Gasteiger partial charge in [-0.1, -0.05) is 30.3 Å². The van der Waals surface area contributed by atoms with Crippen LogP contribution in [0.4, 0.5) is 24.8 Å². The van der Waals surface area contributed by atoms with E-state index in [4.69, 9.17) is 5.73 Å². The average Bonchev–Trinajstić information content (AvgIpc) is 3.84. The number of hydrogen-bond donors (Lipinski definition) is 3. The van der Waals surface area contributed by atoms with Crippen LogP contribution in [-0.2, 0) is 27.6 Å². The van der Waals surface area contributed by atoms with Crippen molar-refractivity contribution in [1.82, 2.24) is 29.7 Å². The Morgan fingerprint density at radius 3 is 2.50 bits per heavy atom. The van der Waals surface area contributed by atoms with Gasteiger partial charge in [0.05, 0.1) is 11.3 Å². The minimum absolute atomic E-state index is 0.00391. The maximum Gasteiger partial charge on any atom is 0.434 e. The van der Waals surface area contributed by atoms with Gasteiger partial charge in [0, 0.05) is 24.9 Å². The monoisotopic (exact) mass is 548 g/mol. The van der Waals surface area contributed by atoms with Gasteiger partial charge in [-0.15, -0.1) is 0 Å². The van der Waals surface area contributed by atoms with Gasteiger partial charge in [-0.2, -0.15) is 13.2 Å². The van der Waals surface area contributed by atoms with Crippen molar-refractivity contribution in [3.8, 4) is 11.5 Å². The van der Waals surface area contributed by atoms with Crippen LogP contribution in [0.2, 0.25) is 0 Å². The van der Waals surface area contributed by atoms with Crippen LogP contribution < -0.4 is 16.4 Å². The molecule has 7 rings (SSSR count). The van der Waals surface area contributed by atoms with Crippen molar-refractivity contribution in [2.75, 3.05) is 11.1 Å². The van der Waals surface area contributed by atoms with Crippen molar-refractivity contribution in [3.05, 3.63) is 65.2 Å². The van der Waals surface area contributed by atoms with Gasteiger partial charge in [-0.05, 0) is 37.2 Å². The molecule has 2 fully saturated rings. The molecule has 0 bridgehead atoms. The SMILES string of the molecule is Nc1nc(-c2cn3cc(C(F)(F)F)nc3c(Cc3ccccc3)n2)nc2c1C(C(=O)NC1CC1)(C1CC1)C(=O)N2. The third-order valence-corrected chi connectivity index (χ3v) is 7.62. The summed E-state index contributed by atoms with van der Waals surface area (Å²) in [5, 5.41) is 5.67. The van der Waals surface area contributed by atoms with Crippen LogP contribution in [0.15, 0.2) is 42.7 Å². The summed E-state index contributed by atoms with van der Waals surface area (Å²) in [5.74, 6) is -1.06. The van der Waals surface area contributed by atoms with Crippen LogP contribution in [-0.4, -0.2) is 42.2 Å². The molecule has 2 aliphatic carbocycles. The van der Waals surface area contributed by atoms with Gasteiger partial charge in [-0.25, -0.2) is 19.9 Å². The second kappa shape index (κ2) is 8.47. The predicted molar refractivity (Wildman–Crippen MR) is 137 cm³/mol. The molecule has 4 N–H and O–H groups in total. The van der Waals surface area contributed by atoms with E-state index in [1.807, 2.05) is 30.3 Å². The Hall–Kier alpha value is -4.55. The number of hydrogen-bond acceptors (Lipinski definition) is 7. The van der Waals surface area contributed by atoms with Gasteiger partial charge in [0.15, 0.2) is 22.6 Å². The lowest BCUT2D eigenvalue weighted by atomic mass is 9.76. The zero-order valence-electron chi connectivity index (χ0n) is 21.0. The molecule has 13 heteroatoms. The van der Waals surface area contributed by atoms with Crippen molar-refractivity contribution in [3.63, 3.8) is 0 Å². The summed E-state index contributed by atoms with van der Waals surface area (Å²) < 4.78 is 41.8. The zero-order valence-corrected chi connectivity index (χ0v) is 21.0. The standard InChI is InChI=1S/C27H23F3N8O2/c28-27(29,30)18-12-38-11-17(33-16(23(38)34-18)10-13-4-2-1-3-5-13)21-35-20(31)19-22(36-21)37-25(40)26(19,14-6-7-14)24(39)32-15-8-9-15/h1-5,11-12,14-15H,6-10H2,(H,32,39)(H3,31,35,36,37,40). The molecule has 40 heavy (non-hydrogen) atoms. The first-order valence-electron chi connectivity index (χ1n) is 12.9. The second-order valence-corrected chi connectivity index (χ2v) is 10.5. The van der Waals surface area contributed by atoms with E-state index in [2.05, 4.69) is 30.6 Å². The van der Waals surface area contributed by atoms with Gasteiger partial charge in [0.2, 0.25) is 11.8 Å². The lowest BCUT2D eigenvalue weighted by Gasteiger charge is -2.26. The molecule has 0 radical (unpaired) electrons. The Balaban J connectivity index is 1.35. The topological polar surface area (TPSA) is 140 Å². The number of nitrogens with two attached hydrogens (primary N) is 1. The fraction of sp³-hybridized carbons (Fsp3) is 0.333. The highest BCUT2D eigenvalue weighted by atomic mass is 19.4. The highest BCUT2D eigenvalue weighted by Gasteiger charge is 2.63. The van der Waals surface area contributed by atoms with Gasteiger partial charge >= 0.3 is 6.18 Å². The number of fused-ring (bicyclic) bond motifs is 2. The van der Waals surface area contributed by atoms with Gasteiger partial charge in [0.25, 0.3) is 0 Å². The molecule has 204 valence electrons. The Morgan fingerprint density at radius 1 is 1.07 bits per heavy atom. The van der Waals surface area contributed by atoms with E-state index < -0.39 is 29.1 Å². The van der Waals surface area contributed by atoms with E-state index in [1.165, 1.54) is 10.6 Å². The summed E-state index contributed by atoms with van der Waals surface area (Å²) >= 11 is 0. The molecule has 0 saturated heterocycles. The van der Waals surface area contributed by atoms with Crippen LogP contribution >= 0.6 is 0 Å². The van der Waals surface area contributed by atoms with Crippen LogP contribution in [0.25, 0.3) is 17.2 Å². The number of carbonyl (C=O) groups is 2. The first kappa shape index (κ1) is 24.5. The van der Waals surface area contributed by atoms with E-state index in [0.29, 0.717) is 12.8 Å². The highest BCUT2D eigenvalue weighted by Crippen LogP contribution is 2.54. The Labute approximate surface area is 225 Å². The summed E-state index contributed by atoms with van der Waals surface area (Å²) in [5.41, 5.74) is 5.38. The Kier molecular flexibility index (Phi) is 5.19. The fourth-order valence-corrected chi connectivity index (χ4v) is 5.44. The van der Waals surface area contributed by atoms with E-state index in [-0.39, 0.29) is 58.4 Å². The third kappa shape index (κ3) is 3.87. The number of imidazole rings is 1. The minimum atomic E-state index is -4.65. The van der Waals surface area contributed by atoms with Crippen LogP contribution in [0.5, 0.6) is 0 Å². The van der Waals surface area contributed by atoms with Crippen molar-refractivity contribution in [1.29, 1.82) is 0 Å². The van der Waals surface area contributed by atoms with Gasteiger partial charge in [0.1, 0.15) is 17.3 Å². The third-order valence-electron chi connectivity index (χ3n) is 7.62. The van der Waals surface area contributed by atoms with Gasteiger partial charge in [-0.3, -0.25) is 9.59 Å². The van der Waals surface area contributed by atoms with Crippen LogP contribution in [0.1, 0.15) is 48.2 Å². The molecule has 1 aliphatic heterocycles. The first-order valence-corrected chi connectivity index (χ1v) is 12.9. The molecule has 2 saturated carbocycles. The van der Waals surface area contributed by atoms with E-state index in [9.17, 15) is 22.8 Å². The minimum Gasteiger partial charge on any atom is -0.383 e. The number of benzene rings is 1. The summed E-state index contributed by atoms with van der Waals surface area (Å²) in [7, 11) is 0. The molecule has 1 aromatic carbocycles. The maximum atomic E-state index is 13.5. The Bertz CT molecular complexity index is 1700. The fourth-order valence-electron chi connectivity index (χ4n) is 5.44. The van der Waals surface area contributed by atoms with Crippen molar-refractivity contribution >= 4 is 29.1 Å². The lowest BCUT2D eigenvalue weighted by Crippen LogP contribution is -2.51. The van der Waals surface area contributed by atoms with Crippen LogP contribution in [0, 0.1) is 5.92 Å².